The molecule has 0 unspecified atom stereocenters. The molecule has 1 aliphatic rings. The number of carbonyl (C=O) groups excluding carboxylic acids is 4. The number of carboxylic acid groups (broad SMARTS) is 2. The first-order valence-corrected chi connectivity index (χ1v) is 11.6. The van der Waals surface area contributed by atoms with Gasteiger partial charge in [-0.25, -0.2) is 0 Å². The maximum atomic E-state index is 13.0. The molecule has 8 N–H and O–H groups in total. The summed E-state index contributed by atoms with van der Waals surface area (Å²) in [5.74, 6) is -5.42. The lowest BCUT2D eigenvalue weighted by molar-refractivity contribution is -0.138. The largest absolute Gasteiger partial charge is 0.481 e. The lowest BCUT2D eigenvalue weighted by Crippen LogP contribution is -2.56. The van der Waals surface area contributed by atoms with E-state index in [1.807, 2.05) is 0 Å². The Morgan fingerprint density at radius 3 is 2.19 bits per heavy atom. The van der Waals surface area contributed by atoms with Crippen molar-refractivity contribution in [1.29, 1.82) is 0 Å². The maximum absolute atomic E-state index is 13.0. The summed E-state index contributed by atoms with van der Waals surface area (Å²) in [6.45, 7) is -0.936. The Bertz CT molecular complexity index is 988. The zero-order valence-corrected chi connectivity index (χ0v) is 19.9. The Morgan fingerprint density at radius 2 is 1.59 bits per heavy atom. The van der Waals surface area contributed by atoms with Crippen molar-refractivity contribution in [2.45, 2.75) is 49.9 Å². The highest BCUT2D eigenvalue weighted by atomic mass is 16.4. The highest BCUT2D eigenvalue weighted by Gasteiger charge is 2.30. The van der Waals surface area contributed by atoms with Crippen LogP contribution in [0.15, 0.2) is 30.3 Å². The van der Waals surface area contributed by atoms with E-state index in [-0.39, 0.29) is 25.8 Å². The summed E-state index contributed by atoms with van der Waals surface area (Å²) in [6.07, 6.45) is -1.25. The molecule has 1 aromatic rings. The lowest BCUT2D eigenvalue weighted by atomic mass is 10.0. The van der Waals surface area contributed by atoms with Crippen LogP contribution in [0.4, 0.5) is 0 Å². The predicted molar refractivity (Wildman–Crippen MR) is 127 cm³/mol. The summed E-state index contributed by atoms with van der Waals surface area (Å²) in [5.41, 5.74) is 0.665. The predicted octanol–water partition coefficient (Wildman–Crippen LogP) is -2.90. The number of nitrogens with one attached hydrogen (secondary N) is 5. The van der Waals surface area contributed by atoms with Crippen molar-refractivity contribution in [3.8, 4) is 0 Å². The molecular formula is C23H31N5O9. The molecule has 1 aliphatic heterocycles. The van der Waals surface area contributed by atoms with E-state index in [0.717, 1.165) is 0 Å². The molecule has 2 rings (SSSR count). The highest BCUT2D eigenvalue weighted by Crippen LogP contribution is 2.07. The smallest absolute Gasteiger partial charge is 0.322 e. The molecule has 0 bridgehead atoms. The van der Waals surface area contributed by atoms with E-state index in [0.29, 0.717) is 5.56 Å². The van der Waals surface area contributed by atoms with Gasteiger partial charge in [0.05, 0.1) is 18.7 Å². The normalized spacial score (nSPS) is 18.2. The topological polar surface area (TPSA) is 223 Å². The van der Waals surface area contributed by atoms with Crippen molar-refractivity contribution in [3.05, 3.63) is 35.9 Å². The average molecular weight is 522 g/mol. The molecule has 202 valence electrons. The van der Waals surface area contributed by atoms with Gasteiger partial charge in [-0.05, 0) is 18.4 Å². The molecule has 1 saturated heterocycles. The summed E-state index contributed by atoms with van der Waals surface area (Å²) in [6, 6.07) is 5.36. The van der Waals surface area contributed by atoms with Gasteiger partial charge in [0.1, 0.15) is 18.6 Å². The molecule has 0 saturated carbocycles. The molecule has 0 radical (unpaired) electrons. The second-order valence-corrected chi connectivity index (χ2v) is 8.48. The second-order valence-electron chi connectivity index (χ2n) is 8.48. The van der Waals surface area contributed by atoms with Crippen molar-refractivity contribution in [2.24, 2.45) is 0 Å². The molecule has 14 heteroatoms. The van der Waals surface area contributed by atoms with Gasteiger partial charge in [0.25, 0.3) is 0 Å². The molecule has 1 aromatic carbocycles. The third kappa shape index (κ3) is 10.6. The summed E-state index contributed by atoms with van der Waals surface area (Å²) in [4.78, 5) is 72.0. The quantitative estimate of drug-likeness (QED) is 0.125. The van der Waals surface area contributed by atoms with Crippen molar-refractivity contribution >= 4 is 35.6 Å². The fourth-order valence-electron chi connectivity index (χ4n) is 3.61. The minimum atomic E-state index is -1.35. The fourth-order valence-corrected chi connectivity index (χ4v) is 3.61. The lowest BCUT2D eigenvalue weighted by Gasteiger charge is -2.23. The fraction of sp³-hybridized carbons (Fsp3) is 0.478. The molecule has 0 aliphatic carbocycles. The van der Waals surface area contributed by atoms with E-state index in [1.165, 1.54) is 0 Å². The molecule has 4 atom stereocenters. The number of amides is 4. The van der Waals surface area contributed by atoms with Crippen LogP contribution in [0.25, 0.3) is 0 Å². The van der Waals surface area contributed by atoms with Crippen LogP contribution in [0.5, 0.6) is 0 Å². The molecule has 37 heavy (non-hydrogen) atoms. The zero-order valence-electron chi connectivity index (χ0n) is 19.9. The van der Waals surface area contributed by atoms with Crippen LogP contribution >= 0.6 is 0 Å². The molecule has 14 nitrogen and oxygen atoms in total. The molecule has 1 heterocycles. The summed E-state index contributed by atoms with van der Waals surface area (Å²) in [7, 11) is 0. The van der Waals surface area contributed by atoms with Crippen LogP contribution in [-0.2, 0) is 35.2 Å². The van der Waals surface area contributed by atoms with E-state index in [9.17, 15) is 33.9 Å². The number of benzene rings is 1. The number of carboxylic acids is 2. The van der Waals surface area contributed by atoms with Gasteiger partial charge in [-0.2, -0.15) is 0 Å². The third-order valence-electron chi connectivity index (χ3n) is 5.48. The van der Waals surface area contributed by atoms with E-state index in [4.69, 9.17) is 10.2 Å². The highest BCUT2D eigenvalue weighted by molar-refractivity contribution is 5.94. The number of hydrogen-bond acceptors (Lipinski definition) is 8. The van der Waals surface area contributed by atoms with Crippen LogP contribution < -0.4 is 26.6 Å². The summed E-state index contributed by atoms with van der Waals surface area (Å²) < 4.78 is 0. The van der Waals surface area contributed by atoms with E-state index < -0.39 is 79.3 Å². The zero-order chi connectivity index (χ0) is 27.4. The van der Waals surface area contributed by atoms with Crippen molar-refractivity contribution in [1.82, 2.24) is 26.6 Å². The number of aliphatic hydroxyl groups is 1. The first-order valence-electron chi connectivity index (χ1n) is 11.6. The van der Waals surface area contributed by atoms with Crippen LogP contribution in [0.2, 0.25) is 0 Å². The average Bonchev–Trinajstić information content (AvgIpc) is 3.29. The van der Waals surface area contributed by atoms with Crippen LogP contribution in [0.1, 0.15) is 24.8 Å². The van der Waals surface area contributed by atoms with Gasteiger partial charge in [0, 0.05) is 19.4 Å². The molecular weight excluding hydrogens is 490 g/mol. The maximum Gasteiger partial charge on any atom is 0.322 e. The van der Waals surface area contributed by atoms with Gasteiger partial charge in [-0.3, -0.25) is 28.8 Å². The summed E-state index contributed by atoms with van der Waals surface area (Å²) in [5, 5.41) is 39.6. The first kappa shape index (κ1) is 29.2. The van der Waals surface area contributed by atoms with Crippen LogP contribution in [0.3, 0.4) is 0 Å². The Labute approximate surface area is 212 Å². The Hall–Kier alpha value is -4.04. The standard InChI is InChI=1S/C23H31N5O9/c29-14-9-16(24-10-14)21(35)25-11-18(30)27-15(6-7-19(31)32)23(37)28-17(22(36)26-12-20(33)34)8-13-4-2-1-3-5-13/h1-5,14-17,24,29H,6-12H2,(H,25,35)(H,26,36)(H,27,30)(H,28,37)(H,31,32)(H,33,34)/t14-,15+,16+,17+/m1/s1. The first-order chi connectivity index (χ1) is 17.5. The van der Waals surface area contributed by atoms with Gasteiger partial charge in [-0.1, -0.05) is 30.3 Å². The minimum Gasteiger partial charge on any atom is -0.481 e. The van der Waals surface area contributed by atoms with Gasteiger partial charge in [0.15, 0.2) is 0 Å². The number of β-amino-alcohol motifs (C(OH)–C–C–N with tert-alkyl or cyclic N) is 1. The van der Waals surface area contributed by atoms with Gasteiger partial charge >= 0.3 is 11.9 Å². The van der Waals surface area contributed by atoms with Crippen LogP contribution in [0, 0.1) is 0 Å². The summed E-state index contributed by atoms with van der Waals surface area (Å²) >= 11 is 0. The number of aliphatic carboxylic acids is 2. The number of rotatable bonds is 14. The monoisotopic (exact) mass is 521 g/mol. The van der Waals surface area contributed by atoms with Gasteiger partial charge in [-0.15, -0.1) is 0 Å². The van der Waals surface area contributed by atoms with Gasteiger partial charge < -0.3 is 41.9 Å². The number of aliphatic hydroxyl groups excluding tert-OH is 1. The van der Waals surface area contributed by atoms with E-state index in [2.05, 4.69) is 26.6 Å². The Balaban J connectivity index is 2.04. The number of carbonyl (C=O) groups is 6. The van der Waals surface area contributed by atoms with Crippen molar-refractivity contribution in [2.75, 3.05) is 19.6 Å². The Morgan fingerprint density at radius 1 is 0.892 bits per heavy atom. The van der Waals surface area contributed by atoms with Gasteiger partial charge in [0.2, 0.25) is 23.6 Å². The molecule has 0 spiro atoms. The van der Waals surface area contributed by atoms with E-state index in [1.54, 1.807) is 30.3 Å². The SMILES string of the molecule is O=C(O)CC[C@H](NC(=O)CNC(=O)[C@@H]1C[C@@H](O)CN1)C(=O)N[C@@H](Cc1ccccc1)C(=O)NCC(=O)O. The van der Waals surface area contributed by atoms with Crippen molar-refractivity contribution in [3.63, 3.8) is 0 Å². The minimum absolute atomic E-state index is 0.00786. The molecule has 1 fully saturated rings. The third-order valence-corrected chi connectivity index (χ3v) is 5.48. The second kappa shape index (κ2) is 14.5. The van der Waals surface area contributed by atoms with Crippen LogP contribution in [-0.4, -0.2) is 94.8 Å². The molecule has 0 aromatic heterocycles. The number of hydrogen-bond donors (Lipinski definition) is 8. The Kier molecular flexibility index (Phi) is 11.4. The van der Waals surface area contributed by atoms with E-state index >= 15 is 0 Å². The van der Waals surface area contributed by atoms with Crippen molar-refractivity contribution < 1.29 is 44.1 Å². The molecule has 4 amide bonds.